The highest BCUT2D eigenvalue weighted by Crippen LogP contribution is 2.14. The normalized spacial score (nSPS) is 16.2. The van der Waals surface area contributed by atoms with Crippen LogP contribution in [0, 0.1) is 0 Å². The fraction of sp³-hybridized carbons (Fsp3) is 0.533. The lowest BCUT2D eigenvalue weighted by molar-refractivity contribution is -0.116. The lowest BCUT2D eigenvalue weighted by atomic mass is 10.2. The maximum Gasteiger partial charge on any atom is 0.279 e. The molecule has 1 saturated heterocycles. The van der Waals surface area contributed by atoms with E-state index in [1.165, 1.54) is 4.31 Å². The summed E-state index contributed by atoms with van der Waals surface area (Å²) >= 11 is 5.78. The molecule has 1 aromatic carbocycles. The largest absolute Gasteiger partial charge is 0.326 e. The standard InChI is InChI=1S/C15H22ClN3O3S/c16-13-6-8-14(9-7-13)18-15(20)5-4-10-17-23(21,22)19-11-2-1-3-12-19/h6-9,17H,1-5,10-12H2,(H,18,20). The van der Waals surface area contributed by atoms with Crippen LogP contribution in [0.3, 0.4) is 0 Å². The number of piperidine rings is 1. The van der Waals surface area contributed by atoms with Gasteiger partial charge in [-0.05, 0) is 43.5 Å². The summed E-state index contributed by atoms with van der Waals surface area (Å²) in [5, 5.41) is 3.35. The minimum absolute atomic E-state index is 0.149. The van der Waals surface area contributed by atoms with Gasteiger partial charge in [0.1, 0.15) is 0 Å². The zero-order valence-electron chi connectivity index (χ0n) is 12.9. The molecule has 2 N–H and O–H groups in total. The number of amides is 1. The Morgan fingerprint density at radius 1 is 1.13 bits per heavy atom. The van der Waals surface area contributed by atoms with Crippen molar-refractivity contribution in [2.24, 2.45) is 0 Å². The van der Waals surface area contributed by atoms with Crippen LogP contribution >= 0.6 is 11.6 Å². The smallest absolute Gasteiger partial charge is 0.279 e. The second kappa shape index (κ2) is 8.63. The maximum atomic E-state index is 12.1. The van der Waals surface area contributed by atoms with E-state index in [0.29, 0.717) is 30.2 Å². The molecule has 0 aromatic heterocycles. The molecule has 23 heavy (non-hydrogen) atoms. The van der Waals surface area contributed by atoms with Gasteiger partial charge in [-0.3, -0.25) is 4.79 Å². The zero-order valence-corrected chi connectivity index (χ0v) is 14.5. The van der Waals surface area contributed by atoms with E-state index in [0.717, 1.165) is 19.3 Å². The van der Waals surface area contributed by atoms with Gasteiger partial charge in [-0.1, -0.05) is 18.0 Å². The van der Waals surface area contributed by atoms with Gasteiger partial charge in [0.2, 0.25) is 5.91 Å². The molecule has 2 rings (SSSR count). The Hall–Kier alpha value is -1.15. The first-order valence-corrected chi connectivity index (χ1v) is 9.59. The van der Waals surface area contributed by atoms with E-state index in [1.54, 1.807) is 24.3 Å². The van der Waals surface area contributed by atoms with E-state index >= 15 is 0 Å². The summed E-state index contributed by atoms with van der Waals surface area (Å²) < 4.78 is 28.1. The highest BCUT2D eigenvalue weighted by atomic mass is 35.5. The molecule has 0 atom stereocenters. The van der Waals surface area contributed by atoms with Gasteiger partial charge in [-0.2, -0.15) is 12.7 Å². The molecule has 1 heterocycles. The van der Waals surface area contributed by atoms with Crippen molar-refractivity contribution in [1.29, 1.82) is 0 Å². The van der Waals surface area contributed by atoms with Crippen molar-refractivity contribution < 1.29 is 13.2 Å². The summed E-state index contributed by atoms with van der Waals surface area (Å²) in [5.41, 5.74) is 0.674. The first-order chi connectivity index (χ1) is 11.0. The molecule has 0 saturated carbocycles. The van der Waals surface area contributed by atoms with Crippen molar-refractivity contribution in [1.82, 2.24) is 9.03 Å². The molecule has 0 radical (unpaired) electrons. The second-order valence-corrected chi connectivity index (χ2v) is 7.71. The van der Waals surface area contributed by atoms with Gasteiger partial charge >= 0.3 is 0 Å². The van der Waals surface area contributed by atoms with Crippen molar-refractivity contribution in [3.63, 3.8) is 0 Å². The number of anilines is 1. The van der Waals surface area contributed by atoms with Crippen LogP contribution in [-0.2, 0) is 15.0 Å². The SMILES string of the molecule is O=C(CCCNS(=O)(=O)N1CCCCC1)Nc1ccc(Cl)cc1. The highest BCUT2D eigenvalue weighted by molar-refractivity contribution is 7.87. The van der Waals surface area contributed by atoms with E-state index in [4.69, 9.17) is 11.6 Å². The summed E-state index contributed by atoms with van der Waals surface area (Å²) in [5.74, 6) is -0.149. The molecule has 8 heteroatoms. The van der Waals surface area contributed by atoms with Crippen LogP contribution < -0.4 is 10.0 Å². The molecule has 0 aliphatic carbocycles. The first-order valence-electron chi connectivity index (χ1n) is 7.77. The molecular weight excluding hydrogens is 338 g/mol. The average molecular weight is 360 g/mol. The Kier molecular flexibility index (Phi) is 6.83. The van der Waals surface area contributed by atoms with Crippen molar-refractivity contribution in [3.05, 3.63) is 29.3 Å². The lowest BCUT2D eigenvalue weighted by Crippen LogP contribution is -2.43. The molecule has 0 spiro atoms. The third-order valence-electron chi connectivity index (χ3n) is 3.65. The molecule has 0 unspecified atom stereocenters. The molecule has 1 aromatic rings. The van der Waals surface area contributed by atoms with Gasteiger partial charge in [0.15, 0.2) is 0 Å². The number of nitrogens with one attached hydrogen (secondary N) is 2. The third kappa shape index (κ3) is 6.10. The van der Waals surface area contributed by atoms with Gasteiger partial charge in [0, 0.05) is 36.8 Å². The minimum atomic E-state index is -3.41. The van der Waals surface area contributed by atoms with Gasteiger partial charge in [0.05, 0.1) is 0 Å². The van der Waals surface area contributed by atoms with Crippen LogP contribution in [-0.4, -0.2) is 38.3 Å². The maximum absolute atomic E-state index is 12.1. The monoisotopic (exact) mass is 359 g/mol. The Bertz CT molecular complexity index is 613. The van der Waals surface area contributed by atoms with E-state index in [2.05, 4.69) is 10.0 Å². The van der Waals surface area contributed by atoms with Crippen LogP contribution in [0.2, 0.25) is 5.02 Å². The van der Waals surface area contributed by atoms with Crippen molar-refractivity contribution in [3.8, 4) is 0 Å². The number of hydrogen-bond acceptors (Lipinski definition) is 3. The average Bonchev–Trinajstić information content (AvgIpc) is 2.55. The molecule has 1 amide bonds. The van der Waals surface area contributed by atoms with Crippen molar-refractivity contribution in [2.45, 2.75) is 32.1 Å². The van der Waals surface area contributed by atoms with Gasteiger partial charge in [-0.15, -0.1) is 0 Å². The second-order valence-electron chi connectivity index (χ2n) is 5.52. The van der Waals surface area contributed by atoms with E-state index < -0.39 is 10.2 Å². The number of rotatable bonds is 7. The summed E-state index contributed by atoms with van der Waals surface area (Å²) in [6.45, 7) is 1.41. The Balaban J connectivity index is 1.68. The molecule has 1 aliphatic rings. The summed E-state index contributed by atoms with van der Waals surface area (Å²) in [4.78, 5) is 11.8. The molecule has 128 valence electrons. The predicted octanol–water partition coefficient (Wildman–Crippen LogP) is 2.38. The van der Waals surface area contributed by atoms with Gasteiger partial charge in [0.25, 0.3) is 10.2 Å². The topological polar surface area (TPSA) is 78.5 Å². The van der Waals surface area contributed by atoms with Crippen LogP contribution in [0.1, 0.15) is 32.1 Å². The fourth-order valence-electron chi connectivity index (χ4n) is 2.40. The van der Waals surface area contributed by atoms with Crippen LogP contribution in [0.5, 0.6) is 0 Å². The lowest BCUT2D eigenvalue weighted by Gasteiger charge is -2.25. The van der Waals surface area contributed by atoms with Gasteiger partial charge < -0.3 is 5.32 Å². The Morgan fingerprint density at radius 3 is 2.43 bits per heavy atom. The molecule has 0 bridgehead atoms. The summed E-state index contributed by atoms with van der Waals surface area (Å²) in [6, 6.07) is 6.84. The van der Waals surface area contributed by atoms with E-state index in [9.17, 15) is 13.2 Å². The van der Waals surface area contributed by atoms with E-state index in [1.807, 2.05) is 0 Å². The number of benzene rings is 1. The quantitative estimate of drug-likeness (QED) is 0.733. The summed E-state index contributed by atoms with van der Waals surface area (Å²) in [7, 11) is -3.41. The number of nitrogens with zero attached hydrogens (tertiary/aromatic N) is 1. The van der Waals surface area contributed by atoms with Crippen molar-refractivity contribution >= 4 is 33.4 Å². The Labute approximate surface area is 142 Å². The zero-order chi connectivity index (χ0) is 16.7. The van der Waals surface area contributed by atoms with Crippen LogP contribution in [0.15, 0.2) is 24.3 Å². The predicted molar refractivity (Wildman–Crippen MR) is 91.7 cm³/mol. The first kappa shape index (κ1) is 18.2. The number of carbonyl (C=O) groups excluding carboxylic acids is 1. The molecule has 1 aliphatic heterocycles. The van der Waals surface area contributed by atoms with Crippen LogP contribution in [0.25, 0.3) is 0 Å². The van der Waals surface area contributed by atoms with Crippen LogP contribution in [0.4, 0.5) is 5.69 Å². The Morgan fingerprint density at radius 2 is 1.78 bits per heavy atom. The molecular formula is C15H22ClN3O3S. The van der Waals surface area contributed by atoms with Gasteiger partial charge in [-0.25, -0.2) is 4.72 Å². The van der Waals surface area contributed by atoms with Crippen molar-refractivity contribution in [2.75, 3.05) is 25.0 Å². The fourth-order valence-corrected chi connectivity index (χ4v) is 3.85. The minimum Gasteiger partial charge on any atom is -0.326 e. The third-order valence-corrected chi connectivity index (χ3v) is 5.51. The molecule has 6 nitrogen and oxygen atoms in total. The number of hydrogen-bond donors (Lipinski definition) is 2. The summed E-state index contributed by atoms with van der Waals surface area (Å²) in [6.07, 6.45) is 3.60. The molecule has 1 fully saturated rings. The number of halogens is 1. The van der Waals surface area contributed by atoms with E-state index in [-0.39, 0.29) is 18.9 Å². The number of carbonyl (C=O) groups is 1. The highest BCUT2D eigenvalue weighted by Gasteiger charge is 2.22.